The number of hydrogen-bond donors (Lipinski definition) is 1. The maximum atomic E-state index is 12.2. The molecule has 0 amide bonds. The summed E-state index contributed by atoms with van der Waals surface area (Å²) in [7, 11) is -3.71. The summed E-state index contributed by atoms with van der Waals surface area (Å²) in [6.45, 7) is 2.20. The highest BCUT2D eigenvalue weighted by atomic mass is 35.5. The normalized spacial score (nSPS) is 11.6. The van der Waals surface area contributed by atoms with Crippen molar-refractivity contribution in [1.29, 1.82) is 0 Å². The third kappa shape index (κ3) is 5.97. The summed E-state index contributed by atoms with van der Waals surface area (Å²) in [4.78, 5) is 2.36. The van der Waals surface area contributed by atoms with Crippen LogP contribution >= 0.6 is 23.2 Å². The number of hydrazone groups is 1. The summed E-state index contributed by atoms with van der Waals surface area (Å²) in [6.07, 6.45) is 1.41. The number of nitrogens with zero attached hydrogens (tertiary/aromatic N) is 1. The molecule has 29 heavy (non-hydrogen) atoms. The molecule has 0 aromatic heterocycles. The molecule has 3 aromatic carbocycles. The Bertz CT molecular complexity index is 1130. The van der Waals surface area contributed by atoms with Gasteiger partial charge in [0.25, 0.3) is 10.0 Å². The van der Waals surface area contributed by atoms with Crippen molar-refractivity contribution in [2.45, 2.75) is 18.4 Å². The van der Waals surface area contributed by atoms with Crippen LogP contribution in [-0.2, 0) is 16.6 Å². The standard InChI is InChI=1S/C21H18Cl2N2O3S/c1-15-5-8-19(9-6-15)29(26,27)25-24-13-16-3-2-4-18(11-16)28-14-17-7-10-20(22)21(23)12-17/h2-13,25H,14H2,1H3/b24-13-. The molecule has 0 heterocycles. The van der Waals surface area contributed by atoms with Gasteiger partial charge < -0.3 is 4.74 Å². The highest BCUT2D eigenvalue weighted by Gasteiger charge is 2.11. The minimum Gasteiger partial charge on any atom is -0.489 e. The predicted octanol–water partition coefficient (Wildman–Crippen LogP) is 5.19. The smallest absolute Gasteiger partial charge is 0.276 e. The van der Waals surface area contributed by atoms with E-state index in [9.17, 15) is 8.42 Å². The molecule has 3 aromatic rings. The van der Waals surface area contributed by atoms with Crippen LogP contribution in [0.3, 0.4) is 0 Å². The lowest BCUT2D eigenvalue weighted by molar-refractivity contribution is 0.306. The van der Waals surface area contributed by atoms with Crippen LogP contribution in [-0.4, -0.2) is 14.6 Å². The summed E-state index contributed by atoms with van der Waals surface area (Å²) in [5, 5.41) is 4.80. The first-order valence-electron chi connectivity index (χ1n) is 8.62. The molecule has 0 fully saturated rings. The third-order valence-corrected chi connectivity index (χ3v) is 5.94. The van der Waals surface area contributed by atoms with Crippen LogP contribution in [0.15, 0.2) is 76.7 Å². The molecule has 1 N–H and O–H groups in total. The largest absolute Gasteiger partial charge is 0.489 e. The first-order chi connectivity index (χ1) is 13.8. The van der Waals surface area contributed by atoms with Gasteiger partial charge in [-0.3, -0.25) is 0 Å². The minimum absolute atomic E-state index is 0.152. The number of aryl methyl sites for hydroxylation is 1. The van der Waals surface area contributed by atoms with E-state index >= 15 is 0 Å². The second-order valence-electron chi connectivity index (χ2n) is 6.28. The van der Waals surface area contributed by atoms with Crippen LogP contribution in [0.5, 0.6) is 5.75 Å². The van der Waals surface area contributed by atoms with Gasteiger partial charge in [0, 0.05) is 0 Å². The molecule has 0 atom stereocenters. The molecule has 0 spiro atoms. The number of sulfonamides is 1. The van der Waals surface area contributed by atoms with Crippen molar-refractivity contribution in [3.8, 4) is 5.75 Å². The molecule has 0 unspecified atom stereocenters. The molecule has 0 aliphatic rings. The van der Waals surface area contributed by atoms with Crippen LogP contribution in [0, 0.1) is 6.92 Å². The highest BCUT2D eigenvalue weighted by molar-refractivity contribution is 7.89. The average Bonchev–Trinajstić information content (AvgIpc) is 2.69. The molecule has 0 bridgehead atoms. The van der Waals surface area contributed by atoms with Gasteiger partial charge >= 0.3 is 0 Å². The van der Waals surface area contributed by atoms with E-state index in [0.717, 1.165) is 11.1 Å². The van der Waals surface area contributed by atoms with Crippen molar-refractivity contribution in [3.63, 3.8) is 0 Å². The fourth-order valence-electron chi connectivity index (χ4n) is 2.42. The lowest BCUT2D eigenvalue weighted by Gasteiger charge is -2.08. The van der Waals surface area contributed by atoms with Crippen LogP contribution < -0.4 is 9.57 Å². The molecule has 0 aliphatic heterocycles. The van der Waals surface area contributed by atoms with Gasteiger partial charge in [-0.25, -0.2) is 4.83 Å². The third-order valence-electron chi connectivity index (χ3n) is 3.97. The minimum atomic E-state index is -3.71. The number of hydrogen-bond acceptors (Lipinski definition) is 4. The Balaban J connectivity index is 1.63. The van der Waals surface area contributed by atoms with Crippen molar-refractivity contribution in [3.05, 3.63) is 93.5 Å². The van der Waals surface area contributed by atoms with E-state index in [1.54, 1.807) is 48.5 Å². The quantitative estimate of drug-likeness (QED) is 0.399. The van der Waals surface area contributed by atoms with Gasteiger partial charge in [-0.15, -0.1) is 0 Å². The fourth-order valence-corrected chi connectivity index (χ4v) is 3.53. The molecule has 0 saturated carbocycles. The number of rotatable bonds is 7. The average molecular weight is 449 g/mol. The molecule has 3 rings (SSSR count). The molecule has 8 heteroatoms. The monoisotopic (exact) mass is 448 g/mol. The first-order valence-corrected chi connectivity index (χ1v) is 10.9. The maximum Gasteiger partial charge on any atom is 0.276 e. The van der Waals surface area contributed by atoms with E-state index in [1.165, 1.54) is 18.3 Å². The van der Waals surface area contributed by atoms with Gasteiger partial charge in [0.2, 0.25) is 0 Å². The lowest BCUT2D eigenvalue weighted by atomic mass is 10.2. The summed E-state index contributed by atoms with van der Waals surface area (Å²) < 4.78 is 30.2. The fraction of sp³-hybridized carbons (Fsp3) is 0.0952. The summed E-state index contributed by atoms with van der Waals surface area (Å²) in [5.41, 5.74) is 2.54. The van der Waals surface area contributed by atoms with Gasteiger partial charge in [-0.2, -0.15) is 13.5 Å². The molecule has 0 radical (unpaired) electrons. The van der Waals surface area contributed by atoms with Gasteiger partial charge in [-0.1, -0.05) is 59.1 Å². The number of ether oxygens (including phenoxy) is 1. The predicted molar refractivity (Wildman–Crippen MR) is 116 cm³/mol. The number of halogens is 2. The molecule has 0 aliphatic carbocycles. The Hall–Kier alpha value is -2.54. The van der Waals surface area contributed by atoms with Gasteiger partial charge in [0.15, 0.2) is 0 Å². The molecular formula is C21H18Cl2N2O3S. The van der Waals surface area contributed by atoms with Gasteiger partial charge in [0.05, 0.1) is 21.2 Å². The molecule has 5 nitrogen and oxygen atoms in total. The Morgan fingerprint density at radius 3 is 2.48 bits per heavy atom. The second kappa shape index (κ2) is 9.31. The van der Waals surface area contributed by atoms with Crippen molar-refractivity contribution in [2.24, 2.45) is 5.10 Å². The lowest BCUT2D eigenvalue weighted by Crippen LogP contribution is -2.18. The Kier molecular flexibility index (Phi) is 6.79. The highest BCUT2D eigenvalue weighted by Crippen LogP contribution is 2.23. The van der Waals surface area contributed by atoms with E-state index < -0.39 is 10.0 Å². The van der Waals surface area contributed by atoms with Crippen LogP contribution in [0.4, 0.5) is 0 Å². The van der Waals surface area contributed by atoms with Crippen molar-refractivity contribution < 1.29 is 13.2 Å². The Morgan fingerprint density at radius 2 is 1.76 bits per heavy atom. The zero-order valence-corrected chi connectivity index (χ0v) is 17.8. The second-order valence-corrected chi connectivity index (χ2v) is 8.75. The summed E-state index contributed by atoms with van der Waals surface area (Å²) in [6, 6.07) is 18.9. The van der Waals surface area contributed by atoms with Crippen molar-refractivity contribution in [2.75, 3.05) is 0 Å². The zero-order chi connectivity index (χ0) is 20.9. The number of benzene rings is 3. The van der Waals surface area contributed by atoms with E-state index in [0.29, 0.717) is 28.0 Å². The van der Waals surface area contributed by atoms with E-state index in [1.807, 2.05) is 13.0 Å². The van der Waals surface area contributed by atoms with E-state index in [-0.39, 0.29) is 4.90 Å². The van der Waals surface area contributed by atoms with Gasteiger partial charge in [-0.05, 0) is 54.4 Å². The van der Waals surface area contributed by atoms with Crippen molar-refractivity contribution >= 4 is 39.4 Å². The molecule has 0 saturated heterocycles. The van der Waals surface area contributed by atoms with Crippen LogP contribution in [0.2, 0.25) is 10.0 Å². The Morgan fingerprint density at radius 1 is 1.00 bits per heavy atom. The summed E-state index contributed by atoms with van der Waals surface area (Å²) in [5.74, 6) is 0.612. The van der Waals surface area contributed by atoms with E-state index in [4.69, 9.17) is 27.9 Å². The van der Waals surface area contributed by atoms with Gasteiger partial charge in [0.1, 0.15) is 12.4 Å². The molecule has 150 valence electrons. The van der Waals surface area contributed by atoms with Crippen LogP contribution in [0.1, 0.15) is 16.7 Å². The zero-order valence-electron chi connectivity index (χ0n) is 15.5. The first kappa shape index (κ1) is 21.2. The molecular weight excluding hydrogens is 431 g/mol. The topological polar surface area (TPSA) is 67.8 Å². The maximum absolute atomic E-state index is 12.2. The number of nitrogens with one attached hydrogen (secondary N) is 1. The van der Waals surface area contributed by atoms with Crippen molar-refractivity contribution in [1.82, 2.24) is 4.83 Å². The Labute approximate surface area is 180 Å². The van der Waals surface area contributed by atoms with E-state index in [2.05, 4.69) is 9.93 Å². The SMILES string of the molecule is Cc1ccc(S(=O)(=O)N/N=C\c2cccc(OCc3ccc(Cl)c(Cl)c3)c2)cc1. The van der Waals surface area contributed by atoms with Crippen LogP contribution in [0.25, 0.3) is 0 Å². The summed E-state index contributed by atoms with van der Waals surface area (Å²) >= 11 is 11.9.